The molecular formula is C17H17N3OS. The van der Waals surface area contributed by atoms with Gasteiger partial charge in [-0.3, -0.25) is 4.79 Å². The zero-order chi connectivity index (χ0) is 15.5. The van der Waals surface area contributed by atoms with Gasteiger partial charge < -0.3 is 9.88 Å². The van der Waals surface area contributed by atoms with Gasteiger partial charge in [0, 0.05) is 24.3 Å². The molecule has 1 N–H and O–H groups in total. The van der Waals surface area contributed by atoms with Crippen molar-refractivity contribution in [2.24, 2.45) is 7.05 Å². The normalized spacial score (nSPS) is 12.1. The maximum Gasteiger partial charge on any atom is 0.262 e. The van der Waals surface area contributed by atoms with E-state index in [0.717, 1.165) is 16.3 Å². The van der Waals surface area contributed by atoms with Crippen molar-refractivity contribution in [2.45, 2.75) is 13.0 Å². The first-order valence-electron chi connectivity index (χ1n) is 7.04. The van der Waals surface area contributed by atoms with Gasteiger partial charge in [0.15, 0.2) is 0 Å². The van der Waals surface area contributed by atoms with Crippen molar-refractivity contribution in [1.29, 1.82) is 0 Å². The minimum absolute atomic E-state index is 0.0741. The van der Waals surface area contributed by atoms with E-state index in [4.69, 9.17) is 0 Å². The monoisotopic (exact) mass is 311 g/mol. The summed E-state index contributed by atoms with van der Waals surface area (Å²) in [5, 5.41) is 3.09. The summed E-state index contributed by atoms with van der Waals surface area (Å²) >= 11 is 1.50. The highest BCUT2D eigenvalue weighted by Gasteiger charge is 2.21. The smallest absolute Gasteiger partial charge is 0.262 e. The van der Waals surface area contributed by atoms with Crippen LogP contribution in [-0.2, 0) is 7.05 Å². The van der Waals surface area contributed by atoms with Gasteiger partial charge >= 0.3 is 0 Å². The van der Waals surface area contributed by atoms with Crippen molar-refractivity contribution in [1.82, 2.24) is 14.9 Å². The maximum atomic E-state index is 12.5. The third kappa shape index (κ3) is 2.94. The lowest BCUT2D eigenvalue weighted by Crippen LogP contribution is -2.30. The maximum absolute atomic E-state index is 12.5. The molecule has 0 unspecified atom stereocenters. The van der Waals surface area contributed by atoms with Gasteiger partial charge in [-0.15, -0.1) is 11.3 Å². The van der Waals surface area contributed by atoms with Crippen LogP contribution in [0.25, 0.3) is 0 Å². The van der Waals surface area contributed by atoms with E-state index in [0.29, 0.717) is 4.88 Å². The molecule has 0 saturated carbocycles. The number of amides is 1. The molecule has 112 valence electrons. The van der Waals surface area contributed by atoms with Gasteiger partial charge in [0.2, 0.25) is 0 Å². The Morgan fingerprint density at radius 3 is 2.59 bits per heavy atom. The highest BCUT2D eigenvalue weighted by molar-refractivity contribution is 7.13. The molecule has 3 rings (SSSR count). The van der Waals surface area contributed by atoms with Crippen molar-refractivity contribution in [3.8, 4) is 0 Å². The lowest BCUT2D eigenvalue weighted by molar-refractivity contribution is 0.0945. The van der Waals surface area contributed by atoms with Crippen LogP contribution in [0.5, 0.6) is 0 Å². The van der Waals surface area contributed by atoms with Gasteiger partial charge in [-0.1, -0.05) is 30.3 Å². The summed E-state index contributed by atoms with van der Waals surface area (Å²) in [4.78, 5) is 18.7. The molecule has 2 heterocycles. The Morgan fingerprint density at radius 2 is 2.00 bits per heavy atom. The van der Waals surface area contributed by atoms with E-state index < -0.39 is 0 Å². The van der Waals surface area contributed by atoms with Crippen LogP contribution in [0.15, 0.2) is 54.9 Å². The fourth-order valence-corrected chi connectivity index (χ4v) is 3.13. The topological polar surface area (TPSA) is 46.9 Å². The molecule has 2 aromatic heterocycles. The molecule has 4 nitrogen and oxygen atoms in total. The van der Waals surface area contributed by atoms with Crippen LogP contribution < -0.4 is 5.32 Å². The van der Waals surface area contributed by atoms with Gasteiger partial charge in [0.25, 0.3) is 5.91 Å². The number of nitrogens with one attached hydrogen (secondary N) is 1. The van der Waals surface area contributed by atoms with E-state index in [-0.39, 0.29) is 11.9 Å². The standard InChI is InChI=1S/C17H17N3OS/c1-12-8-9-14(22-12)17(21)19-15(13-6-4-3-5-7-13)16-18-10-11-20(16)2/h3-11,15H,1-2H3,(H,19,21)/t15-/m0/s1. The van der Waals surface area contributed by atoms with E-state index in [1.807, 2.05) is 67.2 Å². The number of rotatable bonds is 4. The SMILES string of the molecule is Cc1ccc(C(=O)N[C@@H](c2ccccc2)c2nccn2C)s1. The molecule has 1 aromatic carbocycles. The van der Waals surface area contributed by atoms with Crippen molar-refractivity contribution in [3.63, 3.8) is 0 Å². The Hall–Kier alpha value is -2.40. The van der Waals surface area contributed by atoms with Gasteiger partial charge in [0.1, 0.15) is 11.9 Å². The summed E-state index contributed by atoms with van der Waals surface area (Å²) in [5.41, 5.74) is 1.01. The summed E-state index contributed by atoms with van der Waals surface area (Å²) < 4.78 is 1.93. The van der Waals surface area contributed by atoms with E-state index in [1.54, 1.807) is 6.20 Å². The molecular weight excluding hydrogens is 294 g/mol. The average Bonchev–Trinajstić information content (AvgIpc) is 3.14. The number of hydrogen-bond donors (Lipinski definition) is 1. The Morgan fingerprint density at radius 1 is 1.23 bits per heavy atom. The lowest BCUT2D eigenvalue weighted by atomic mass is 10.1. The predicted octanol–water partition coefficient (Wildman–Crippen LogP) is 3.31. The Labute approximate surface area is 133 Å². The van der Waals surface area contributed by atoms with E-state index >= 15 is 0 Å². The molecule has 22 heavy (non-hydrogen) atoms. The molecule has 0 radical (unpaired) electrons. The van der Waals surface area contributed by atoms with Crippen LogP contribution in [0.4, 0.5) is 0 Å². The van der Waals surface area contributed by atoms with Gasteiger partial charge in [-0.25, -0.2) is 4.98 Å². The molecule has 0 saturated heterocycles. The minimum Gasteiger partial charge on any atom is -0.337 e. The first-order chi connectivity index (χ1) is 10.6. The fraction of sp³-hybridized carbons (Fsp3) is 0.176. The highest BCUT2D eigenvalue weighted by Crippen LogP contribution is 2.22. The number of nitrogens with zero attached hydrogens (tertiary/aromatic N) is 2. The third-order valence-electron chi connectivity index (χ3n) is 3.49. The Bertz CT molecular complexity index is 776. The first-order valence-corrected chi connectivity index (χ1v) is 7.86. The number of aromatic nitrogens is 2. The van der Waals surface area contributed by atoms with Crippen molar-refractivity contribution >= 4 is 17.2 Å². The number of carbonyl (C=O) groups excluding carboxylic acids is 1. The van der Waals surface area contributed by atoms with Crippen molar-refractivity contribution in [2.75, 3.05) is 0 Å². The van der Waals surface area contributed by atoms with Crippen molar-refractivity contribution < 1.29 is 4.79 Å². The third-order valence-corrected chi connectivity index (χ3v) is 4.49. The minimum atomic E-state index is -0.267. The predicted molar refractivity (Wildman–Crippen MR) is 88.0 cm³/mol. The van der Waals surface area contributed by atoms with E-state index in [9.17, 15) is 4.79 Å². The largest absolute Gasteiger partial charge is 0.337 e. The number of imidazole rings is 1. The molecule has 1 atom stereocenters. The number of benzene rings is 1. The Balaban J connectivity index is 1.93. The van der Waals surface area contributed by atoms with Gasteiger partial charge in [0.05, 0.1) is 4.88 Å². The average molecular weight is 311 g/mol. The summed E-state index contributed by atoms with van der Waals surface area (Å²) in [6, 6.07) is 13.4. The number of aryl methyl sites for hydroxylation is 2. The molecule has 1 amide bonds. The van der Waals surface area contributed by atoms with Gasteiger partial charge in [-0.05, 0) is 24.6 Å². The molecule has 0 bridgehead atoms. The second kappa shape index (κ2) is 6.15. The fourth-order valence-electron chi connectivity index (χ4n) is 2.36. The molecule has 0 aliphatic carbocycles. The van der Waals surface area contributed by atoms with Crippen LogP contribution in [0.2, 0.25) is 0 Å². The molecule has 0 fully saturated rings. The second-order valence-electron chi connectivity index (χ2n) is 5.12. The first kappa shape index (κ1) is 14.5. The van der Waals surface area contributed by atoms with Crippen molar-refractivity contribution in [3.05, 3.63) is 76.0 Å². The number of carbonyl (C=O) groups is 1. The van der Waals surface area contributed by atoms with Crippen LogP contribution in [-0.4, -0.2) is 15.5 Å². The second-order valence-corrected chi connectivity index (χ2v) is 6.41. The summed E-state index contributed by atoms with van der Waals surface area (Å²) in [5.74, 6) is 0.739. The number of hydrogen-bond acceptors (Lipinski definition) is 3. The van der Waals surface area contributed by atoms with Crippen LogP contribution >= 0.6 is 11.3 Å². The van der Waals surface area contributed by atoms with Crippen LogP contribution in [0.3, 0.4) is 0 Å². The zero-order valence-electron chi connectivity index (χ0n) is 12.5. The highest BCUT2D eigenvalue weighted by atomic mass is 32.1. The van der Waals surface area contributed by atoms with Crippen LogP contribution in [0.1, 0.15) is 32.0 Å². The molecule has 0 spiro atoms. The van der Waals surface area contributed by atoms with E-state index in [1.165, 1.54) is 11.3 Å². The molecule has 5 heteroatoms. The molecule has 0 aliphatic heterocycles. The van der Waals surface area contributed by atoms with E-state index in [2.05, 4.69) is 10.3 Å². The molecule has 0 aliphatic rings. The lowest BCUT2D eigenvalue weighted by Gasteiger charge is -2.18. The van der Waals surface area contributed by atoms with Gasteiger partial charge in [-0.2, -0.15) is 0 Å². The summed E-state index contributed by atoms with van der Waals surface area (Å²) in [7, 11) is 1.93. The quantitative estimate of drug-likeness (QED) is 0.803. The molecule has 3 aromatic rings. The summed E-state index contributed by atoms with van der Waals surface area (Å²) in [6.45, 7) is 1.99. The number of thiophene rings is 1. The zero-order valence-corrected chi connectivity index (χ0v) is 13.3. The van der Waals surface area contributed by atoms with Crippen LogP contribution in [0, 0.1) is 6.92 Å². The Kier molecular flexibility index (Phi) is 4.06. The summed E-state index contributed by atoms with van der Waals surface area (Å²) in [6.07, 6.45) is 3.62.